The quantitative estimate of drug-likeness (QED) is 0.0438. The molecule has 0 unspecified atom stereocenters. The molecule has 0 spiro atoms. The number of nitrogens with zero attached hydrogens (tertiary/aromatic N) is 5. The maximum absolute atomic E-state index is 15.8. The van der Waals surface area contributed by atoms with Crippen molar-refractivity contribution in [2.75, 3.05) is 66.4 Å². The van der Waals surface area contributed by atoms with Gasteiger partial charge < -0.3 is 103 Å². The minimum Gasteiger partial charge on any atom is -0.508 e. The molecule has 2 aromatic heterocycles. The molecule has 704 valence electrons. The monoisotopic (exact) mass is 1830 g/mol. The first-order chi connectivity index (χ1) is 62.9. The Kier molecular flexibility index (Phi) is 37.3. The van der Waals surface area contributed by atoms with Gasteiger partial charge in [0, 0.05) is 114 Å². The fraction of sp³-hybridized carbons (Fsp3) is 0.411. The van der Waals surface area contributed by atoms with E-state index in [0.717, 1.165) is 26.5 Å². The van der Waals surface area contributed by atoms with Crippen molar-refractivity contribution in [2.24, 2.45) is 17.6 Å². The molecule has 1 fully saturated rings. The second-order valence-electron chi connectivity index (χ2n) is 33.9. The summed E-state index contributed by atoms with van der Waals surface area (Å²) < 4.78 is 0. The average Bonchev–Trinajstić information content (AvgIpc) is 1.28. The van der Waals surface area contributed by atoms with E-state index in [4.69, 9.17) is 5.73 Å². The fourth-order valence-electron chi connectivity index (χ4n) is 15.6. The molecular weight excluding hydrogens is 1720 g/mol. The number of unbranched alkanes of at least 4 members (excludes halogenated alkanes) is 1. The van der Waals surface area contributed by atoms with Crippen molar-refractivity contribution in [3.63, 3.8) is 0 Å². The van der Waals surface area contributed by atoms with E-state index in [9.17, 15) is 48.9 Å². The number of aliphatic carboxylic acids is 1. The van der Waals surface area contributed by atoms with Crippen LogP contribution < -0.4 is 53.6 Å². The maximum Gasteiger partial charge on any atom is 0.305 e. The Bertz CT molecular complexity index is 5400. The van der Waals surface area contributed by atoms with Crippen LogP contribution >= 0.6 is 11.8 Å². The van der Waals surface area contributed by atoms with Crippen molar-refractivity contribution in [3.05, 3.63) is 203 Å². The van der Waals surface area contributed by atoms with Crippen LogP contribution in [-0.2, 0) is 115 Å². The normalized spacial score (nSPS) is 21.7. The number of hydrogen-bond acceptors (Lipinski definition) is 19. The highest BCUT2D eigenvalue weighted by Crippen LogP contribution is 2.27. The van der Waals surface area contributed by atoms with Crippen LogP contribution in [0.2, 0.25) is 0 Å². The molecule has 0 radical (unpaired) electrons. The van der Waals surface area contributed by atoms with Crippen LogP contribution in [0.5, 0.6) is 11.5 Å². The highest BCUT2D eigenvalue weighted by atomic mass is 32.2. The number of phenolic OH excluding ortho intramolecular Hbond substituents is 2. The Labute approximate surface area is 769 Å². The van der Waals surface area contributed by atoms with Crippen molar-refractivity contribution in [1.82, 2.24) is 82.3 Å². The third kappa shape index (κ3) is 29.2. The first-order valence-electron chi connectivity index (χ1n) is 43.7. The molecular formula is C95H119N17O19S. The summed E-state index contributed by atoms with van der Waals surface area (Å²) in [6.07, 6.45) is 1.67. The summed E-state index contributed by atoms with van der Waals surface area (Å²) in [6, 6.07) is 25.7. The van der Waals surface area contributed by atoms with E-state index >= 15 is 43.2 Å². The first-order valence-corrected chi connectivity index (χ1v) is 44.8. The molecule has 0 aliphatic carbocycles. The standard InChI is InChI=1S/C95H119N17O19S/c1-11-12-31-76-93(129)109(7)52-81(117)101-72(47-83(119)120)89(125)107-84(56(4)5)95(131)111(9)77(44-58-25-17-14-18-26-58)90(126)105-73(43-60-34-38-64(114)39-35-60)91(127)108(6)51-80(116)100-71(45-61-48-97-67-29-21-19-27-65(61)67)88(124)104-70(41-59-32-36-63(113)37-33-59)87(123)103-69(40-55(2)3)86(122)106-75(85(121)99-50-79(96)115)53-132-54-82(118)102-74(42-57-23-15-13-16-24-57)92(128)112(10)78(94(130)110(76)8)46-62-49-98-68-30-22-20-28-66(62)68/h13-30,32-39,48-49,55-56,69-78,84,97-98,113-114H,11-12,31,40-47,50-54H2,1-10H3,(H2,96,115)(H,99,121)(H,100,116)(H,101,117)(H,102,118)(H,103,123)(H,104,124)(H,105,126)(H,106,122)(H,107,125)(H,119,120)/t69-,70-,71-,72-,73-,74-,75-,76-,77-,78-,84-/m0/s1. The van der Waals surface area contributed by atoms with Crippen molar-refractivity contribution >= 4 is 128 Å². The highest BCUT2D eigenvalue weighted by Gasteiger charge is 2.43. The lowest BCUT2D eigenvalue weighted by molar-refractivity contribution is -0.151. The zero-order valence-corrected chi connectivity index (χ0v) is 76.4. The van der Waals surface area contributed by atoms with Gasteiger partial charge in [0.25, 0.3) is 0 Å². The van der Waals surface area contributed by atoms with Crippen molar-refractivity contribution in [1.29, 1.82) is 0 Å². The number of aromatic amines is 2. The molecule has 8 aromatic rings. The third-order valence-corrected chi connectivity index (χ3v) is 23.9. The van der Waals surface area contributed by atoms with Gasteiger partial charge >= 0.3 is 5.97 Å². The van der Waals surface area contributed by atoms with E-state index < -0.39 is 205 Å². The number of para-hydroxylation sites is 2. The van der Waals surface area contributed by atoms with Crippen LogP contribution in [0.25, 0.3) is 21.8 Å². The summed E-state index contributed by atoms with van der Waals surface area (Å²) in [4.78, 5) is 248. The number of hydrogen-bond donors (Lipinski definition) is 15. The number of amides is 15. The first kappa shape index (κ1) is 102. The molecule has 11 atom stereocenters. The molecule has 0 bridgehead atoms. The predicted octanol–water partition coefficient (Wildman–Crippen LogP) is 2.81. The number of aromatic nitrogens is 2. The second-order valence-corrected chi connectivity index (χ2v) is 35.0. The summed E-state index contributed by atoms with van der Waals surface area (Å²) in [5.74, 6) is -17.5. The molecule has 37 heteroatoms. The number of carbonyl (C=O) groups excluding carboxylic acids is 15. The Balaban J connectivity index is 1.12. The highest BCUT2D eigenvalue weighted by molar-refractivity contribution is 8.00. The van der Waals surface area contributed by atoms with E-state index in [-0.39, 0.29) is 68.8 Å². The Morgan fingerprint density at radius 2 is 0.886 bits per heavy atom. The van der Waals surface area contributed by atoms with E-state index in [1.54, 1.807) is 137 Å². The van der Waals surface area contributed by atoms with E-state index in [2.05, 4.69) is 57.8 Å². The molecule has 16 N–H and O–H groups in total. The van der Waals surface area contributed by atoms with Gasteiger partial charge in [0.05, 0.1) is 31.8 Å². The van der Waals surface area contributed by atoms with Crippen molar-refractivity contribution < 1.29 is 92.0 Å². The number of nitrogens with one attached hydrogen (secondary N) is 11. The minimum absolute atomic E-state index is 0.0177. The van der Waals surface area contributed by atoms with Crippen molar-refractivity contribution in [2.45, 2.75) is 172 Å². The molecule has 1 saturated heterocycles. The molecule has 1 aliphatic heterocycles. The molecule has 15 amide bonds. The SMILES string of the molecule is CCCC[C@H]1C(=O)N(C)CC(=O)N[C@@H](CC(=O)O)C(=O)N[C@@H](C(C)C)C(=O)N(C)[C@@H](Cc2ccccc2)C(=O)N[C@@H](Cc2ccc(O)cc2)C(=O)N(C)CC(=O)N[C@@H](Cc2c[nH]c3ccccc23)C(=O)N[C@@H](Cc2ccc(O)cc2)C(=O)N[C@@H](CC(C)C)C(=O)N[C@H](C(=O)NCC(N)=O)CSCC(=O)N[C@@H](Cc2ccccc2)C(=O)N(C)[C@@H](Cc2c[nH]c3ccccc23)C(=O)N1C. The number of rotatable bonds is 23. The van der Waals surface area contributed by atoms with Crippen LogP contribution in [0, 0.1) is 11.8 Å². The van der Waals surface area contributed by atoms with Gasteiger partial charge in [-0.2, -0.15) is 0 Å². The summed E-state index contributed by atoms with van der Waals surface area (Å²) in [6.45, 7) is 6.16. The van der Waals surface area contributed by atoms with Crippen LogP contribution in [0.15, 0.2) is 170 Å². The van der Waals surface area contributed by atoms with E-state index in [1.165, 1.54) is 93.6 Å². The van der Waals surface area contributed by atoms with E-state index in [1.807, 2.05) is 19.1 Å². The zero-order chi connectivity index (χ0) is 96.2. The Morgan fingerprint density at radius 3 is 1.42 bits per heavy atom. The van der Waals surface area contributed by atoms with Gasteiger partial charge in [-0.3, -0.25) is 76.7 Å². The summed E-state index contributed by atoms with van der Waals surface area (Å²) in [5.41, 5.74) is 9.80. The van der Waals surface area contributed by atoms with Crippen LogP contribution in [0.1, 0.15) is 100 Å². The van der Waals surface area contributed by atoms with E-state index in [0.29, 0.717) is 68.0 Å². The van der Waals surface area contributed by atoms with Crippen LogP contribution in [0.4, 0.5) is 0 Å². The molecule has 132 heavy (non-hydrogen) atoms. The number of phenols is 2. The molecule has 0 saturated carbocycles. The number of likely N-dealkylation sites (N-methyl/N-ethyl adjacent to an activating group) is 5. The van der Waals surface area contributed by atoms with Crippen LogP contribution in [0.3, 0.4) is 0 Å². The molecule has 36 nitrogen and oxygen atoms in total. The van der Waals surface area contributed by atoms with Gasteiger partial charge in [-0.25, -0.2) is 0 Å². The lowest BCUT2D eigenvalue weighted by Crippen LogP contribution is -2.61. The van der Waals surface area contributed by atoms with Gasteiger partial charge in [0.15, 0.2) is 0 Å². The van der Waals surface area contributed by atoms with Gasteiger partial charge in [-0.15, -0.1) is 11.8 Å². The second kappa shape index (κ2) is 48.5. The largest absolute Gasteiger partial charge is 0.508 e. The maximum atomic E-state index is 15.8. The molecule has 3 heterocycles. The van der Waals surface area contributed by atoms with Gasteiger partial charge in [-0.1, -0.05) is 169 Å². The van der Waals surface area contributed by atoms with Crippen molar-refractivity contribution in [3.8, 4) is 11.5 Å². The average molecular weight is 1840 g/mol. The number of carboxylic acid groups (broad SMARTS) is 1. The molecule has 6 aromatic carbocycles. The number of benzene rings is 6. The predicted molar refractivity (Wildman–Crippen MR) is 494 cm³/mol. The number of primary amides is 1. The molecule has 9 rings (SSSR count). The summed E-state index contributed by atoms with van der Waals surface area (Å²) >= 11 is 0.828. The number of nitrogens with two attached hydrogens (primary N) is 1. The van der Waals surface area contributed by atoms with Gasteiger partial charge in [0.2, 0.25) is 88.6 Å². The summed E-state index contributed by atoms with van der Waals surface area (Å²) in [5, 5.41) is 56.4. The fourth-order valence-corrected chi connectivity index (χ4v) is 16.5. The smallest absolute Gasteiger partial charge is 0.305 e. The number of fused-ring (bicyclic) bond motifs is 2. The molecule has 1 aliphatic rings. The number of carbonyl (C=O) groups is 16. The Morgan fingerprint density at radius 1 is 0.447 bits per heavy atom. The zero-order valence-electron chi connectivity index (χ0n) is 75.6. The van der Waals surface area contributed by atoms with Gasteiger partial charge in [-0.05, 0) is 94.5 Å². The Hall–Kier alpha value is -14.1. The van der Waals surface area contributed by atoms with Gasteiger partial charge in [0.1, 0.15) is 78.0 Å². The number of carboxylic acids is 1. The summed E-state index contributed by atoms with van der Waals surface area (Å²) in [7, 11) is 6.55. The number of aromatic hydroxyl groups is 2. The number of thioether (sulfide) groups is 1. The number of H-pyrrole nitrogens is 2. The minimum atomic E-state index is -1.91. The lowest BCUT2D eigenvalue weighted by Gasteiger charge is -2.37. The topological polar surface area (TPSA) is 516 Å². The van der Waals surface area contributed by atoms with Crippen LogP contribution in [-0.4, -0.2) is 277 Å². The lowest BCUT2D eigenvalue weighted by atomic mass is 9.98. The third-order valence-electron chi connectivity index (χ3n) is 22.9.